The molecule has 0 aliphatic carbocycles. The van der Waals surface area contributed by atoms with E-state index in [1.54, 1.807) is 12.1 Å². The predicted octanol–water partition coefficient (Wildman–Crippen LogP) is 1.26. The summed E-state index contributed by atoms with van der Waals surface area (Å²) in [4.78, 5) is 24.8. The van der Waals surface area contributed by atoms with Crippen LogP contribution in [0.1, 0.15) is 25.8 Å². The van der Waals surface area contributed by atoms with Gasteiger partial charge in [-0.15, -0.1) is 0 Å². The van der Waals surface area contributed by atoms with E-state index in [1.807, 2.05) is 13.8 Å². The van der Waals surface area contributed by atoms with E-state index in [4.69, 9.17) is 0 Å². The SMILES string of the molecule is CC(C)C(=O)N1CCCN1C(=O)Cc1ccc(S(C)(=O)=O)cc1. The van der Waals surface area contributed by atoms with E-state index in [2.05, 4.69) is 0 Å². The summed E-state index contributed by atoms with van der Waals surface area (Å²) in [5, 5.41) is 3.03. The van der Waals surface area contributed by atoms with Crippen LogP contribution in [0, 0.1) is 5.92 Å². The van der Waals surface area contributed by atoms with Gasteiger partial charge >= 0.3 is 0 Å². The fourth-order valence-electron chi connectivity index (χ4n) is 2.52. The van der Waals surface area contributed by atoms with Gasteiger partial charge in [0.1, 0.15) is 0 Å². The topological polar surface area (TPSA) is 74.8 Å². The number of sulfone groups is 1. The van der Waals surface area contributed by atoms with E-state index in [1.165, 1.54) is 22.2 Å². The molecule has 0 aromatic heterocycles. The van der Waals surface area contributed by atoms with E-state index in [0.29, 0.717) is 13.1 Å². The number of nitrogens with zero attached hydrogens (tertiary/aromatic N) is 2. The lowest BCUT2D eigenvalue weighted by molar-refractivity contribution is -0.159. The minimum atomic E-state index is -3.24. The van der Waals surface area contributed by atoms with Crippen LogP contribution >= 0.6 is 0 Å². The van der Waals surface area contributed by atoms with Crippen LogP contribution in [-0.4, -0.2) is 49.6 Å². The normalized spacial score (nSPS) is 15.3. The summed E-state index contributed by atoms with van der Waals surface area (Å²) >= 11 is 0. The van der Waals surface area contributed by atoms with Crippen LogP contribution in [-0.2, 0) is 25.8 Å². The molecule has 0 radical (unpaired) electrons. The second kappa shape index (κ2) is 6.70. The van der Waals surface area contributed by atoms with Gasteiger partial charge in [-0.05, 0) is 24.1 Å². The van der Waals surface area contributed by atoms with Crippen molar-refractivity contribution >= 4 is 21.7 Å². The number of carbonyl (C=O) groups is 2. The smallest absolute Gasteiger partial charge is 0.245 e. The van der Waals surface area contributed by atoms with Crippen LogP contribution in [0.4, 0.5) is 0 Å². The van der Waals surface area contributed by atoms with Crippen molar-refractivity contribution in [2.75, 3.05) is 19.3 Å². The summed E-state index contributed by atoms with van der Waals surface area (Å²) in [6.45, 7) is 4.73. The van der Waals surface area contributed by atoms with E-state index < -0.39 is 9.84 Å². The third kappa shape index (κ3) is 4.10. The third-order valence-corrected chi connectivity index (χ3v) is 4.90. The van der Waals surface area contributed by atoms with Gasteiger partial charge < -0.3 is 0 Å². The first-order valence-electron chi connectivity index (χ1n) is 7.61. The van der Waals surface area contributed by atoms with Crippen molar-refractivity contribution in [3.05, 3.63) is 29.8 Å². The van der Waals surface area contributed by atoms with Gasteiger partial charge in [-0.1, -0.05) is 26.0 Å². The molecule has 1 fully saturated rings. The summed E-state index contributed by atoms with van der Waals surface area (Å²) in [7, 11) is -3.24. The molecule has 7 heteroatoms. The van der Waals surface area contributed by atoms with Crippen molar-refractivity contribution in [3.63, 3.8) is 0 Å². The number of hydrogen-bond acceptors (Lipinski definition) is 4. The van der Waals surface area contributed by atoms with Crippen molar-refractivity contribution in [1.29, 1.82) is 0 Å². The predicted molar refractivity (Wildman–Crippen MR) is 86.1 cm³/mol. The first-order chi connectivity index (χ1) is 10.7. The number of carbonyl (C=O) groups excluding carboxylic acids is 2. The molecule has 126 valence electrons. The number of hydrazine groups is 1. The molecule has 1 saturated heterocycles. The molecule has 1 aliphatic heterocycles. The Morgan fingerprint density at radius 2 is 1.65 bits per heavy atom. The molecule has 0 saturated carbocycles. The van der Waals surface area contributed by atoms with Crippen molar-refractivity contribution in [2.45, 2.75) is 31.6 Å². The van der Waals surface area contributed by atoms with Crippen LogP contribution < -0.4 is 0 Å². The van der Waals surface area contributed by atoms with Gasteiger partial charge in [-0.2, -0.15) is 0 Å². The first-order valence-corrected chi connectivity index (χ1v) is 9.50. The second-order valence-electron chi connectivity index (χ2n) is 6.08. The van der Waals surface area contributed by atoms with Gasteiger partial charge in [0.15, 0.2) is 9.84 Å². The first kappa shape index (κ1) is 17.5. The fourth-order valence-corrected chi connectivity index (χ4v) is 3.15. The maximum Gasteiger partial charge on any atom is 0.245 e. The van der Waals surface area contributed by atoms with Crippen LogP contribution in [0.2, 0.25) is 0 Å². The van der Waals surface area contributed by atoms with Crippen molar-refractivity contribution < 1.29 is 18.0 Å². The number of amides is 2. The lowest BCUT2D eigenvalue weighted by atomic mass is 10.1. The number of benzene rings is 1. The minimum absolute atomic E-state index is 0.0525. The van der Waals surface area contributed by atoms with E-state index in [9.17, 15) is 18.0 Å². The van der Waals surface area contributed by atoms with Crippen LogP contribution in [0.5, 0.6) is 0 Å². The molecule has 1 aromatic rings. The zero-order valence-corrected chi connectivity index (χ0v) is 14.5. The molecule has 2 rings (SSSR count). The molecule has 0 unspecified atom stereocenters. The molecule has 1 aliphatic rings. The zero-order chi connectivity index (χ0) is 17.2. The molecular weight excluding hydrogens is 316 g/mol. The average molecular weight is 338 g/mol. The van der Waals surface area contributed by atoms with Crippen LogP contribution in [0.3, 0.4) is 0 Å². The van der Waals surface area contributed by atoms with Crippen molar-refractivity contribution in [3.8, 4) is 0 Å². The number of hydrogen-bond donors (Lipinski definition) is 0. The largest absolute Gasteiger partial charge is 0.273 e. The van der Waals surface area contributed by atoms with Crippen LogP contribution in [0.15, 0.2) is 29.2 Å². The molecule has 0 spiro atoms. The summed E-state index contributed by atoms with van der Waals surface area (Å²) in [5.74, 6) is -0.357. The Bertz CT molecular complexity index is 695. The Morgan fingerprint density at radius 1 is 1.09 bits per heavy atom. The Balaban J connectivity index is 2.08. The Kier molecular flexibility index (Phi) is 5.09. The average Bonchev–Trinajstić information content (AvgIpc) is 2.95. The second-order valence-corrected chi connectivity index (χ2v) is 8.10. The highest BCUT2D eigenvalue weighted by Gasteiger charge is 2.31. The quantitative estimate of drug-likeness (QED) is 0.828. The van der Waals surface area contributed by atoms with Crippen molar-refractivity contribution in [1.82, 2.24) is 10.0 Å². The van der Waals surface area contributed by atoms with Gasteiger partial charge in [0.2, 0.25) is 11.8 Å². The van der Waals surface area contributed by atoms with E-state index in [0.717, 1.165) is 18.2 Å². The highest BCUT2D eigenvalue weighted by atomic mass is 32.2. The van der Waals surface area contributed by atoms with Gasteiger partial charge in [0.05, 0.1) is 11.3 Å². The highest BCUT2D eigenvalue weighted by Crippen LogP contribution is 2.17. The van der Waals surface area contributed by atoms with Gasteiger partial charge in [0, 0.05) is 25.3 Å². The van der Waals surface area contributed by atoms with Crippen molar-refractivity contribution in [2.24, 2.45) is 5.92 Å². The number of rotatable bonds is 4. The van der Waals surface area contributed by atoms with Gasteiger partial charge in [0.25, 0.3) is 0 Å². The Morgan fingerprint density at radius 3 is 2.17 bits per heavy atom. The molecule has 0 bridgehead atoms. The highest BCUT2D eigenvalue weighted by molar-refractivity contribution is 7.90. The fraction of sp³-hybridized carbons (Fsp3) is 0.500. The standard InChI is InChI=1S/C16H22N2O4S/c1-12(2)16(20)18-10-4-9-17(18)15(19)11-13-5-7-14(8-6-13)23(3,21)22/h5-8,12H,4,9-11H2,1-3H3. The maximum atomic E-state index is 12.4. The lowest BCUT2D eigenvalue weighted by Gasteiger charge is -2.29. The third-order valence-electron chi connectivity index (χ3n) is 3.77. The summed E-state index contributed by atoms with van der Waals surface area (Å²) in [6.07, 6.45) is 2.07. The molecule has 1 heterocycles. The summed E-state index contributed by atoms with van der Waals surface area (Å²) in [5.41, 5.74) is 0.728. The lowest BCUT2D eigenvalue weighted by Crippen LogP contribution is -2.47. The Labute approximate surface area is 137 Å². The Hall–Kier alpha value is -1.89. The molecule has 0 atom stereocenters. The molecule has 6 nitrogen and oxygen atoms in total. The molecule has 1 aromatic carbocycles. The van der Waals surface area contributed by atoms with Gasteiger partial charge in [-0.3, -0.25) is 19.6 Å². The van der Waals surface area contributed by atoms with E-state index in [-0.39, 0.29) is 29.0 Å². The summed E-state index contributed by atoms with van der Waals surface area (Å²) < 4.78 is 22.9. The molecule has 0 N–H and O–H groups in total. The monoisotopic (exact) mass is 338 g/mol. The summed E-state index contributed by atoms with van der Waals surface area (Å²) in [6, 6.07) is 6.27. The van der Waals surface area contributed by atoms with E-state index >= 15 is 0 Å². The van der Waals surface area contributed by atoms with Crippen LogP contribution in [0.25, 0.3) is 0 Å². The maximum absolute atomic E-state index is 12.4. The zero-order valence-electron chi connectivity index (χ0n) is 13.7. The van der Waals surface area contributed by atoms with Gasteiger partial charge in [-0.25, -0.2) is 8.42 Å². The molecule has 23 heavy (non-hydrogen) atoms. The molecule has 2 amide bonds. The molecular formula is C16H22N2O4S. The minimum Gasteiger partial charge on any atom is -0.273 e.